The molecule has 25 heavy (non-hydrogen) atoms. The maximum Gasteiger partial charge on any atom is 0.251 e. The molecule has 1 saturated carbocycles. The first kappa shape index (κ1) is 16.1. The molecule has 1 aliphatic carbocycles. The quantitative estimate of drug-likeness (QED) is 0.934. The van der Waals surface area contributed by atoms with Crippen molar-refractivity contribution in [3.63, 3.8) is 0 Å². The van der Waals surface area contributed by atoms with Gasteiger partial charge in [-0.25, -0.2) is 0 Å². The van der Waals surface area contributed by atoms with Crippen LogP contribution in [0.1, 0.15) is 43.0 Å². The molecule has 1 unspecified atom stereocenters. The Bertz CT molecular complexity index is 816. The molecule has 1 aliphatic heterocycles. The highest BCUT2D eigenvalue weighted by atomic mass is 16.2. The molecule has 4 nitrogen and oxygen atoms in total. The van der Waals surface area contributed by atoms with E-state index in [0.717, 1.165) is 36.7 Å². The Labute approximate surface area is 148 Å². The zero-order valence-electron chi connectivity index (χ0n) is 14.6. The first-order valence-electron chi connectivity index (χ1n) is 9.15. The molecule has 1 heterocycles. The number of likely N-dealkylation sites (tertiary alicyclic amines) is 1. The lowest BCUT2D eigenvalue weighted by Gasteiger charge is -2.33. The summed E-state index contributed by atoms with van der Waals surface area (Å²) in [6.45, 7) is 3.44. The molecule has 2 aromatic carbocycles. The number of carbonyl (C=O) groups is 2. The van der Waals surface area contributed by atoms with Gasteiger partial charge in [0.15, 0.2) is 0 Å². The fourth-order valence-corrected chi connectivity index (χ4v) is 3.82. The minimum absolute atomic E-state index is 0.0321. The van der Waals surface area contributed by atoms with Crippen LogP contribution >= 0.6 is 0 Å². The molecule has 1 spiro atoms. The van der Waals surface area contributed by atoms with Gasteiger partial charge in [-0.1, -0.05) is 30.3 Å². The van der Waals surface area contributed by atoms with Gasteiger partial charge in [-0.15, -0.1) is 0 Å². The van der Waals surface area contributed by atoms with Crippen molar-refractivity contribution in [2.45, 2.75) is 38.6 Å². The van der Waals surface area contributed by atoms with Crippen LogP contribution in [0.2, 0.25) is 0 Å². The molecule has 2 aromatic rings. The molecular formula is C21H24N2O2. The van der Waals surface area contributed by atoms with E-state index in [9.17, 15) is 9.59 Å². The van der Waals surface area contributed by atoms with Gasteiger partial charge < -0.3 is 10.2 Å². The Morgan fingerprint density at radius 1 is 1.00 bits per heavy atom. The summed E-state index contributed by atoms with van der Waals surface area (Å²) in [5, 5.41) is 4.99. The van der Waals surface area contributed by atoms with Gasteiger partial charge in [0.1, 0.15) is 6.04 Å². The average molecular weight is 336 g/mol. The van der Waals surface area contributed by atoms with Crippen molar-refractivity contribution in [3.05, 3.63) is 48.0 Å². The second kappa shape index (κ2) is 6.17. The summed E-state index contributed by atoms with van der Waals surface area (Å²) in [7, 11) is 0. The Morgan fingerprint density at radius 2 is 1.68 bits per heavy atom. The topological polar surface area (TPSA) is 49.4 Å². The van der Waals surface area contributed by atoms with Crippen molar-refractivity contribution < 1.29 is 9.59 Å². The van der Waals surface area contributed by atoms with Gasteiger partial charge in [-0.3, -0.25) is 9.59 Å². The SMILES string of the molecule is CC(NC(=O)c1ccc2ccccc2c1)C(=O)N1CCC2(CC1)CC2. The summed E-state index contributed by atoms with van der Waals surface area (Å²) in [4.78, 5) is 27.0. The van der Waals surface area contributed by atoms with Crippen molar-refractivity contribution in [1.82, 2.24) is 10.2 Å². The van der Waals surface area contributed by atoms with Crippen LogP contribution in [-0.2, 0) is 4.79 Å². The monoisotopic (exact) mass is 336 g/mol. The molecule has 2 amide bonds. The molecule has 0 radical (unpaired) electrons. The van der Waals surface area contributed by atoms with Crippen LogP contribution < -0.4 is 5.32 Å². The number of benzene rings is 2. The van der Waals surface area contributed by atoms with E-state index in [0.29, 0.717) is 11.0 Å². The molecular weight excluding hydrogens is 312 g/mol. The summed E-state index contributed by atoms with van der Waals surface area (Å²) in [6.07, 6.45) is 4.88. The van der Waals surface area contributed by atoms with Crippen molar-refractivity contribution >= 4 is 22.6 Å². The van der Waals surface area contributed by atoms with Crippen LogP contribution in [0.15, 0.2) is 42.5 Å². The lowest BCUT2D eigenvalue weighted by molar-refractivity contribution is -0.134. The van der Waals surface area contributed by atoms with E-state index < -0.39 is 6.04 Å². The van der Waals surface area contributed by atoms with Crippen molar-refractivity contribution in [3.8, 4) is 0 Å². The highest BCUT2D eigenvalue weighted by Gasteiger charge is 2.45. The molecule has 130 valence electrons. The van der Waals surface area contributed by atoms with Gasteiger partial charge in [0, 0.05) is 18.7 Å². The predicted molar refractivity (Wildman–Crippen MR) is 98.4 cm³/mol. The highest BCUT2D eigenvalue weighted by molar-refractivity contribution is 6.00. The highest BCUT2D eigenvalue weighted by Crippen LogP contribution is 2.53. The Hall–Kier alpha value is -2.36. The van der Waals surface area contributed by atoms with Crippen LogP contribution in [0.5, 0.6) is 0 Å². The Morgan fingerprint density at radius 3 is 2.36 bits per heavy atom. The fourth-order valence-electron chi connectivity index (χ4n) is 3.82. The zero-order chi connectivity index (χ0) is 17.4. The second-order valence-electron chi connectivity index (χ2n) is 7.58. The Balaban J connectivity index is 1.39. The molecule has 0 bridgehead atoms. The smallest absolute Gasteiger partial charge is 0.251 e. The number of hydrogen-bond acceptors (Lipinski definition) is 2. The number of nitrogens with one attached hydrogen (secondary N) is 1. The number of hydrogen-bond donors (Lipinski definition) is 1. The van der Waals surface area contributed by atoms with E-state index in [2.05, 4.69) is 5.32 Å². The Kier molecular flexibility index (Phi) is 3.98. The predicted octanol–water partition coefficient (Wildman–Crippen LogP) is 3.36. The lowest BCUT2D eigenvalue weighted by Crippen LogP contribution is -2.49. The van der Waals surface area contributed by atoms with E-state index in [1.54, 1.807) is 6.92 Å². The van der Waals surface area contributed by atoms with E-state index >= 15 is 0 Å². The largest absolute Gasteiger partial charge is 0.341 e. The van der Waals surface area contributed by atoms with Crippen molar-refractivity contribution in [2.24, 2.45) is 5.41 Å². The standard InChI is InChI=1S/C21H24N2O2/c1-15(20(25)23-12-10-21(8-9-21)11-13-23)22-19(24)18-7-6-16-4-2-3-5-17(16)14-18/h2-7,14-15H,8-13H2,1H3,(H,22,24). The maximum atomic E-state index is 12.6. The number of rotatable bonds is 3. The molecule has 4 heteroatoms. The van der Waals surface area contributed by atoms with Crippen LogP contribution in [0.25, 0.3) is 10.8 Å². The number of piperidine rings is 1. The van der Waals surface area contributed by atoms with E-state index in [1.165, 1.54) is 12.8 Å². The molecule has 0 aromatic heterocycles. The molecule has 2 fully saturated rings. The van der Waals surface area contributed by atoms with Gasteiger partial charge >= 0.3 is 0 Å². The lowest BCUT2D eigenvalue weighted by atomic mass is 9.93. The van der Waals surface area contributed by atoms with Gasteiger partial charge in [0.2, 0.25) is 5.91 Å². The number of fused-ring (bicyclic) bond motifs is 1. The minimum atomic E-state index is -0.493. The van der Waals surface area contributed by atoms with Crippen molar-refractivity contribution in [1.29, 1.82) is 0 Å². The third-order valence-electron chi connectivity index (χ3n) is 5.82. The minimum Gasteiger partial charge on any atom is -0.341 e. The normalized spacial score (nSPS) is 19.6. The zero-order valence-corrected chi connectivity index (χ0v) is 14.6. The fraction of sp³-hybridized carbons (Fsp3) is 0.429. The van der Waals surface area contributed by atoms with Crippen LogP contribution in [-0.4, -0.2) is 35.8 Å². The molecule has 2 aliphatic rings. The van der Waals surface area contributed by atoms with Crippen LogP contribution in [0.3, 0.4) is 0 Å². The molecule has 1 N–H and O–H groups in total. The number of amides is 2. The molecule has 1 saturated heterocycles. The van der Waals surface area contributed by atoms with Gasteiger partial charge in [0.05, 0.1) is 0 Å². The third kappa shape index (κ3) is 3.26. The van der Waals surface area contributed by atoms with Gasteiger partial charge in [-0.05, 0) is 60.9 Å². The molecule has 1 atom stereocenters. The second-order valence-corrected chi connectivity index (χ2v) is 7.58. The summed E-state index contributed by atoms with van der Waals surface area (Å²) in [5.41, 5.74) is 1.14. The summed E-state index contributed by atoms with van der Waals surface area (Å²) >= 11 is 0. The van der Waals surface area contributed by atoms with E-state index in [1.807, 2.05) is 47.4 Å². The van der Waals surface area contributed by atoms with Crippen LogP contribution in [0, 0.1) is 5.41 Å². The summed E-state index contributed by atoms with van der Waals surface area (Å²) in [5.74, 6) is -0.160. The van der Waals surface area contributed by atoms with E-state index in [-0.39, 0.29) is 11.8 Å². The van der Waals surface area contributed by atoms with E-state index in [4.69, 9.17) is 0 Å². The first-order chi connectivity index (χ1) is 12.1. The van der Waals surface area contributed by atoms with Crippen molar-refractivity contribution in [2.75, 3.05) is 13.1 Å². The molecule has 4 rings (SSSR count). The number of nitrogens with zero attached hydrogens (tertiary/aromatic N) is 1. The number of carbonyl (C=O) groups excluding carboxylic acids is 2. The van der Waals surface area contributed by atoms with Crippen LogP contribution in [0.4, 0.5) is 0 Å². The van der Waals surface area contributed by atoms with Gasteiger partial charge in [0.25, 0.3) is 5.91 Å². The maximum absolute atomic E-state index is 12.6. The van der Waals surface area contributed by atoms with Gasteiger partial charge in [-0.2, -0.15) is 0 Å². The summed E-state index contributed by atoms with van der Waals surface area (Å²) < 4.78 is 0. The average Bonchev–Trinajstić information content (AvgIpc) is 3.40. The third-order valence-corrected chi connectivity index (χ3v) is 5.82. The summed E-state index contributed by atoms with van der Waals surface area (Å²) in [6, 6.07) is 13.1. The first-order valence-corrected chi connectivity index (χ1v) is 9.15.